The monoisotopic (exact) mass is 350 g/mol. The molecular weight excluding hydrogens is 324 g/mol. The molecule has 5 nitrogen and oxygen atoms in total. The zero-order valence-electron chi connectivity index (χ0n) is 15.2. The van der Waals surface area contributed by atoms with Crippen molar-refractivity contribution in [2.45, 2.75) is 19.3 Å². The second kappa shape index (κ2) is 7.48. The molecule has 1 aliphatic heterocycles. The van der Waals surface area contributed by atoms with Crippen LogP contribution in [0.2, 0.25) is 0 Å². The molecule has 1 aliphatic rings. The van der Waals surface area contributed by atoms with Gasteiger partial charge in [0.05, 0.1) is 11.2 Å². The first kappa shape index (κ1) is 17.1. The molecule has 2 heterocycles. The molecule has 0 amide bonds. The van der Waals surface area contributed by atoms with Crippen molar-refractivity contribution in [3.05, 3.63) is 48.0 Å². The summed E-state index contributed by atoms with van der Waals surface area (Å²) in [6.07, 6.45) is 3.76. The summed E-state index contributed by atoms with van der Waals surface area (Å²) in [5, 5.41) is 20.7. The third-order valence-corrected chi connectivity index (χ3v) is 5.44. The Morgan fingerprint density at radius 3 is 2.65 bits per heavy atom. The fourth-order valence-electron chi connectivity index (χ4n) is 3.83. The Kier molecular flexibility index (Phi) is 4.91. The molecule has 0 atom stereocenters. The van der Waals surface area contributed by atoms with Gasteiger partial charge in [0, 0.05) is 16.6 Å². The third-order valence-electron chi connectivity index (χ3n) is 5.44. The normalized spacial score (nSPS) is 16.2. The minimum absolute atomic E-state index is 0.0790. The number of aliphatic hydroxyl groups is 1. The molecule has 136 valence electrons. The van der Waals surface area contributed by atoms with Crippen molar-refractivity contribution >= 4 is 16.6 Å². The highest BCUT2D eigenvalue weighted by Gasteiger charge is 2.17. The summed E-state index contributed by atoms with van der Waals surface area (Å²) in [5.74, 6) is 0.801. The Balaban J connectivity index is 1.53. The predicted octanol–water partition coefficient (Wildman–Crippen LogP) is 3.48. The number of fused-ring (bicyclic) bond motifs is 1. The minimum Gasteiger partial charge on any atom is -0.377 e. The van der Waals surface area contributed by atoms with Crippen LogP contribution in [-0.4, -0.2) is 47.1 Å². The standard InChI is InChI=1S/C21H26N4O/c1-25-10-8-16(9-11-25)12-15-2-4-17(5-3-15)21-19-13-18(22-14-26)6-7-20(19)23-24-21/h2-7,13,16,22,26H,8-12,14H2,1H3,(H,23,24). The lowest BCUT2D eigenvalue weighted by Crippen LogP contribution is -2.30. The van der Waals surface area contributed by atoms with Gasteiger partial charge in [0.2, 0.25) is 0 Å². The van der Waals surface area contributed by atoms with Crippen molar-refractivity contribution in [2.24, 2.45) is 5.92 Å². The predicted molar refractivity (Wildman–Crippen MR) is 106 cm³/mol. The van der Waals surface area contributed by atoms with Crippen LogP contribution in [0.1, 0.15) is 18.4 Å². The number of aliphatic hydroxyl groups excluding tert-OH is 1. The maximum Gasteiger partial charge on any atom is 0.113 e. The van der Waals surface area contributed by atoms with Crippen LogP contribution in [0.4, 0.5) is 5.69 Å². The number of benzene rings is 2. The molecule has 5 heteroatoms. The zero-order valence-corrected chi connectivity index (χ0v) is 15.2. The molecule has 0 bridgehead atoms. The van der Waals surface area contributed by atoms with E-state index in [-0.39, 0.29) is 6.73 Å². The van der Waals surface area contributed by atoms with E-state index >= 15 is 0 Å². The van der Waals surface area contributed by atoms with E-state index in [0.717, 1.165) is 33.8 Å². The van der Waals surface area contributed by atoms with Crippen molar-refractivity contribution in [1.29, 1.82) is 0 Å². The maximum atomic E-state index is 9.07. The summed E-state index contributed by atoms with van der Waals surface area (Å²) < 4.78 is 0. The first-order valence-corrected chi connectivity index (χ1v) is 9.33. The van der Waals surface area contributed by atoms with Crippen molar-refractivity contribution < 1.29 is 5.11 Å². The molecule has 0 unspecified atom stereocenters. The van der Waals surface area contributed by atoms with Gasteiger partial charge in [0.15, 0.2) is 0 Å². The molecule has 0 spiro atoms. The van der Waals surface area contributed by atoms with Crippen LogP contribution < -0.4 is 5.32 Å². The van der Waals surface area contributed by atoms with Crippen molar-refractivity contribution in [3.8, 4) is 11.3 Å². The summed E-state index contributed by atoms with van der Waals surface area (Å²) >= 11 is 0. The summed E-state index contributed by atoms with van der Waals surface area (Å²) in [7, 11) is 2.21. The topological polar surface area (TPSA) is 64.2 Å². The highest BCUT2D eigenvalue weighted by Crippen LogP contribution is 2.29. The molecule has 26 heavy (non-hydrogen) atoms. The van der Waals surface area contributed by atoms with Gasteiger partial charge in [-0.3, -0.25) is 5.10 Å². The Hall–Kier alpha value is -2.37. The molecular formula is C21H26N4O. The van der Waals surface area contributed by atoms with E-state index in [1.165, 1.54) is 37.9 Å². The Labute approximate surface area is 154 Å². The van der Waals surface area contributed by atoms with Gasteiger partial charge in [-0.25, -0.2) is 0 Å². The van der Waals surface area contributed by atoms with Crippen LogP contribution in [0.15, 0.2) is 42.5 Å². The van der Waals surface area contributed by atoms with Crippen LogP contribution in [0.25, 0.3) is 22.2 Å². The lowest BCUT2D eigenvalue weighted by Gasteiger charge is -2.28. The summed E-state index contributed by atoms with van der Waals surface area (Å²) in [6.45, 7) is 2.35. The number of aromatic amines is 1. The maximum absolute atomic E-state index is 9.07. The fraction of sp³-hybridized carbons (Fsp3) is 0.381. The molecule has 1 saturated heterocycles. The van der Waals surface area contributed by atoms with Gasteiger partial charge in [-0.05, 0) is 69.1 Å². The van der Waals surface area contributed by atoms with Gasteiger partial charge < -0.3 is 15.3 Å². The molecule has 2 aromatic carbocycles. The first-order chi connectivity index (χ1) is 12.7. The molecule has 4 rings (SSSR count). The number of hydrogen-bond acceptors (Lipinski definition) is 4. The highest BCUT2D eigenvalue weighted by atomic mass is 16.3. The Morgan fingerprint density at radius 1 is 1.15 bits per heavy atom. The minimum atomic E-state index is -0.0790. The molecule has 1 aromatic heterocycles. The average Bonchev–Trinajstić information content (AvgIpc) is 3.08. The summed E-state index contributed by atoms with van der Waals surface area (Å²) in [4.78, 5) is 2.42. The van der Waals surface area contributed by atoms with E-state index in [1.54, 1.807) is 0 Å². The first-order valence-electron chi connectivity index (χ1n) is 9.33. The number of nitrogens with one attached hydrogen (secondary N) is 2. The number of nitrogens with zero attached hydrogens (tertiary/aromatic N) is 2. The Morgan fingerprint density at radius 2 is 1.92 bits per heavy atom. The molecule has 3 aromatic rings. The van der Waals surface area contributed by atoms with Crippen LogP contribution in [0, 0.1) is 5.92 Å². The number of aromatic nitrogens is 2. The molecule has 0 saturated carbocycles. The second-order valence-corrected chi connectivity index (χ2v) is 7.32. The smallest absolute Gasteiger partial charge is 0.113 e. The van der Waals surface area contributed by atoms with E-state index in [2.05, 4.69) is 51.7 Å². The van der Waals surface area contributed by atoms with E-state index in [1.807, 2.05) is 18.2 Å². The zero-order chi connectivity index (χ0) is 17.9. The number of H-pyrrole nitrogens is 1. The SMILES string of the molecule is CN1CCC(Cc2ccc(-c3n[nH]c4ccc(NCO)cc34)cc2)CC1. The fourth-order valence-corrected chi connectivity index (χ4v) is 3.83. The van der Waals surface area contributed by atoms with Crippen LogP contribution in [0.3, 0.4) is 0 Å². The quantitative estimate of drug-likeness (QED) is 0.617. The van der Waals surface area contributed by atoms with Crippen molar-refractivity contribution in [2.75, 3.05) is 32.2 Å². The molecule has 0 radical (unpaired) electrons. The molecule has 0 aliphatic carbocycles. The van der Waals surface area contributed by atoms with E-state index in [4.69, 9.17) is 5.11 Å². The van der Waals surface area contributed by atoms with Crippen LogP contribution in [0.5, 0.6) is 0 Å². The number of hydrogen-bond donors (Lipinski definition) is 3. The molecule has 3 N–H and O–H groups in total. The van der Waals surface area contributed by atoms with Crippen molar-refractivity contribution in [3.63, 3.8) is 0 Å². The van der Waals surface area contributed by atoms with Gasteiger partial charge in [0.25, 0.3) is 0 Å². The van der Waals surface area contributed by atoms with Gasteiger partial charge in [-0.2, -0.15) is 5.10 Å². The van der Waals surface area contributed by atoms with Crippen molar-refractivity contribution in [1.82, 2.24) is 15.1 Å². The average molecular weight is 350 g/mol. The lowest BCUT2D eigenvalue weighted by molar-refractivity contribution is 0.219. The number of piperidine rings is 1. The highest BCUT2D eigenvalue weighted by molar-refractivity contribution is 5.94. The number of likely N-dealkylation sites (tertiary alicyclic amines) is 1. The van der Waals surface area contributed by atoms with E-state index < -0.39 is 0 Å². The second-order valence-electron chi connectivity index (χ2n) is 7.32. The summed E-state index contributed by atoms with van der Waals surface area (Å²) in [5.41, 5.74) is 5.36. The number of anilines is 1. The molecule has 1 fully saturated rings. The van der Waals surface area contributed by atoms with Crippen LogP contribution in [-0.2, 0) is 6.42 Å². The Bertz CT molecular complexity index is 863. The van der Waals surface area contributed by atoms with Crippen LogP contribution >= 0.6 is 0 Å². The summed E-state index contributed by atoms with van der Waals surface area (Å²) in [6, 6.07) is 14.8. The van der Waals surface area contributed by atoms with Gasteiger partial charge in [-0.1, -0.05) is 24.3 Å². The third kappa shape index (κ3) is 3.59. The van der Waals surface area contributed by atoms with E-state index in [9.17, 15) is 0 Å². The van der Waals surface area contributed by atoms with E-state index in [0.29, 0.717) is 0 Å². The largest absolute Gasteiger partial charge is 0.377 e. The van der Waals surface area contributed by atoms with Gasteiger partial charge in [-0.15, -0.1) is 0 Å². The lowest BCUT2D eigenvalue weighted by atomic mass is 9.90. The van der Waals surface area contributed by atoms with Gasteiger partial charge >= 0.3 is 0 Å². The number of rotatable bonds is 5. The van der Waals surface area contributed by atoms with Gasteiger partial charge in [0.1, 0.15) is 6.73 Å².